The summed E-state index contributed by atoms with van der Waals surface area (Å²) in [7, 11) is 0. The van der Waals surface area contributed by atoms with Crippen LogP contribution in [0.1, 0.15) is 24.8 Å². The Morgan fingerprint density at radius 1 is 1.30 bits per heavy atom. The summed E-state index contributed by atoms with van der Waals surface area (Å²) in [5, 5.41) is 0. The van der Waals surface area contributed by atoms with Gasteiger partial charge in [-0.15, -0.1) is 0 Å². The predicted molar refractivity (Wildman–Crippen MR) is 79.4 cm³/mol. The molecule has 2 rings (SSSR count). The van der Waals surface area contributed by atoms with Gasteiger partial charge in [0.05, 0.1) is 6.61 Å². The molecule has 110 valence electrons. The van der Waals surface area contributed by atoms with Gasteiger partial charge in [0.25, 0.3) is 0 Å². The van der Waals surface area contributed by atoms with Gasteiger partial charge < -0.3 is 15.4 Å². The van der Waals surface area contributed by atoms with Gasteiger partial charge in [-0.3, -0.25) is 4.79 Å². The maximum Gasteiger partial charge on any atom is 0.222 e. The van der Waals surface area contributed by atoms with E-state index in [9.17, 15) is 4.79 Å². The van der Waals surface area contributed by atoms with Gasteiger partial charge >= 0.3 is 0 Å². The van der Waals surface area contributed by atoms with Crippen molar-refractivity contribution in [1.29, 1.82) is 0 Å². The van der Waals surface area contributed by atoms with E-state index in [1.165, 1.54) is 5.56 Å². The van der Waals surface area contributed by atoms with Crippen molar-refractivity contribution >= 4 is 5.91 Å². The fourth-order valence-corrected chi connectivity index (χ4v) is 2.43. The zero-order valence-corrected chi connectivity index (χ0v) is 12.0. The second kappa shape index (κ2) is 8.02. The van der Waals surface area contributed by atoms with Gasteiger partial charge in [0.2, 0.25) is 5.91 Å². The zero-order valence-electron chi connectivity index (χ0n) is 12.0. The molecule has 20 heavy (non-hydrogen) atoms. The van der Waals surface area contributed by atoms with Crippen molar-refractivity contribution in [2.45, 2.75) is 31.7 Å². The number of carbonyl (C=O) groups is 1. The number of nitrogens with zero attached hydrogens (tertiary/aromatic N) is 1. The fraction of sp³-hybridized carbons (Fsp3) is 0.562. The molecule has 0 saturated carbocycles. The lowest BCUT2D eigenvalue weighted by Crippen LogP contribution is -2.31. The summed E-state index contributed by atoms with van der Waals surface area (Å²) < 4.78 is 5.58. The lowest BCUT2D eigenvalue weighted by molar-refractivity contribution is -0.130. The number of nitrogens with two attached hydrogens (primary N) is 1. The highest BCUT2D eigenvalue weighted by Gasteiger charge is 2.22. The Balaban J connectivity index is 1.50. The Hall–Kier alpha value is -1.39. The molecule has 0 bridgehead atoms. The Labute approximate surface area is 120 Å². The van der Waals surface area contributed by atoms with Crippen molar-refractivity contribution in [3.05, 3.63) is 35.9 Å². The maximum absolute atomic E-state index is 11.9. The molecule has 1 heterocycles. The molecule has 1 fully saturated rings. The first-order valence-electron chi connectivity index (χ1n) is 7.41. The Bertz CT molecular complexity index is 408. The number of hydrogen-bond donors (Lipinski definition) is 1. The molecule has 1 saturated heterocycles. The molecule has 1 aliphatic rings. The molecule has 2 N–H and O–H groups in total. The third-order valence-electron chi connectivity index (χ3n) is 3.63. The highest BCUT2D eigenvalue weighted by atomic mass is 16.5. The van der Waals surface area contributed by atoms with Crippen LogP contribution in [0.5, 0.6) is 0 Å². The standard InChI is InChI=1S/C16H24N2O2/c17-15-8-10-18(13-15)16(19)7-4-11-20-12-9-14-5-2-1-3-6-14/h1-3,5-6,15H,4,7-13,17H2/t15-/m1/s1. The first-order chi connectivity index (χ1) is 9.75. The smallest absolute Gasteiger partial charge is 0.222 e. The molecule has 4 heteroatoms. The van der Waals surface area contributed by atoms with E-state index in [-0.39, 0.29) is 11.9 Å². The number of amides is 1. The third kappa shape index (κ3) is 4.94. The van der Waals surface area contributed by atoms with Crippen LogP contribution in [0.4, 0.5) is 0 Å². The van der Waals surface area contributed by atoms with Crippen LogP contribution in [0.2, 0.25) is 0 Å². The predicted octanol–water partition coefficient (Wildman–Crippen LogP) is 1.59. The van der Waals surface area contributed by atoms with Gasteiger partial charge in [-0.1, -0.05) is 30.3 Å². The summed E-state index contributed by atoms with van der Waals surface area (Å²) in [5.74, 6) is 0.213. The number of rotatable bonds is 7. The van der Waals surface area contributed by atoms with E-state index in [2.05, 4.69) is 12.1 Å². The van der Waals surface area contributed by atoms with E-state index in [4.69, 9.17) is 10.5 Å². The van der Waals surface area contributed by atoms with Crippen molar-refractivity contribution in [2.75, 3.05) is 26.3 Å². The average molecular weight is 276 g/mol. The van der Waals surface area contributed by atoms with Crippen LogP contribution in [0, 0.1) is 0 Å². The molecule has 0 radical (unpaired) electrons. The molecule has 1 amide bonds. The van der Waals surface area contributed by atoms with Crippen LogP contribution in [0.3, 0.4) is 0 Å². The summed E-state index contributed by atoms with van der Waals surface area (Å²) in [6.45, 7) is 2.90. The van der Waals surface area contributed by atoms with Crippen molar-refractivity contribution in [2.24, 2.45) is 5.73 Å². The van der Waals surface area contributed by atoms with E-state index in [1.54, 1.807) is 0 Å². The number of likely N-dealkylation sites (tertiary alicyclic amines) is 1. The molecule has 1 aromatic carbocycles. The molecular formula is C16H24N2O2. The highest BCUT2D eigenvalue weighted by Crippen LogP contribution is 2.09. The lowest BCUT2D eigenvalue weighted by atomic mass is 10.2. The molecular weight excluding hydrogens is 252 g/mol. The molecule has 0 aromatic heterocycles. The second-order valence-electron chi connectivity index (χ2n) is 5.34. The van der Waals surface area contributed by atoms with E-state index < -0.39 is 0 Å². The largest absolute Gasteiger partial charge is 0.381 e. The Kier molecular flexibility index (Phi) is 6.02. The highest BCUT2D eigenvalue weighted by molar-refractivity contribution is 5.76. The second-order valence-corrected chi connectivity index (χ2v) is 5.34. The number of benzene rings is 1. The Morgan fingerprint density at radius 2 is 2.10 bits per heavy atom. The summed E-state index contributed by atoms with van der Waals surface area (Å²) in [5.41, 5.74) is 7.08. The molecule has 1 aromatic rings. The van der Waals surface area contributed by atoms with E-state index >= 15 is 0 Å². The first-order valence-corrected chi connectivity index (χ1v) is 7.41. The lowest BCUT2D eigenvalue weighted by Gasteiger charge is -2.15. The van der Waals surface area contributed by atoms with Gasteiger partial charge in [0.15, 0.2) is 0 Å². The topological polar surface area (TPSA) is 55.6 Å². The summed E-state index contributed by atoms with van der Waals surface area (Å²) in [4.78, 5) is 13.7. The Morgan fingerprint density at radius 3 is 2.80 bits per heavy atom. The van der Waals surface area contributed by atoms with Crippen molar-refractivity contribution in [1.82, 2.24) is 4.90 Å². The molecule has 1 atom stereocenters. The summed E-state index contributed by atoms with van der Waals surface area (Å²) >= 11 is 0. The van der Waals surface area contributed by atoms with Gasteiger partial charge in [-0.25, -0.2) is 0 Å². The quantitative estimate of drug-likeness (QED) is 0.769. The number of carbonyl (C=O) groups excluding carboxylic acids is 1. The van der Waals surface area contributed by atoms with Gasteiger partial charge in [-0.2, -0.15) is 0 Å². The third-order valence-corrected chi connectivity index (χ3v) is 3.63. The minimum atomic E-state index is 0.168. The van der Waals surface area contributed by atoms with Crippen LogP contribution in [0.25, 0.3) is 0 Å². The van der Waals surface area contributed by atoms with Crippen LogP contribution >= 0.6 is 0 Å². The first kappa shape index (κ1) is 15.0. The minimum absolute atomic E-state index is 0.168. The van der Waals surface area contributed by atoms with Gasteiger partial charge in [-0.05, 0) is 24.8 Å². The maximum atomic E-state index is 11.9. The van der Waals surface area contributed by atoms with Gasteiger partial charge in [0, 0.05) is 32.2 Å². The average Bonchev–Trinajstić information content (AvgIpc) is 2.90. The van der Waals surface area contributed by atoms with Crippen molar-refractivity contribution < 1.29 is 9.53 Å². The molecule has 1 aliphatic heterocycles. The van der Waals surface area contributed by atoms with Crippen LogP contribution < -0.4 is 5.73 Å². The van der Waals surface area contributed by atoms with Crippen molar-refractivity contribution in [3.8, 4) is 0 Å². The van der Waals surface area contributed by atoms with Crippen molar-refractivity contribution in [3.63, 3.8) is 0 Å². The SMILES string of the molecule is N[C@@H]1CCN(C(=O)CCCOCCc2ccccc2)C1. The zero-order chi connectivity index (χ0) is 14.2. The minimum Gasteiger partial charge on any atom is -0.381 e. The van der Waals surface area contributed by atoms with Gasteiger partial charge in [0.1, 0.15) is 0 Å². The van der Waals surface area contributed by atoms with Crippen LogP contribution in [-0.4, -0.2) is 43.2 Å². The molecule has 0 aliphatic carbocycles. The monoisotopic (exact) mass is 276 g/mol. The summed E-state index contributed by atoms with van der Waals surface area (Å²) in [6.07, 6.45) is 3.21. The van der Waals surface area contributed by atoms with Crippen LogP contribution in [-0.2, 0) is 16.0 Å². The normalized spacial score (nSPS) is 18.4. The molecule has 0 unspecified atom stereocenters. The van der Waals surface area contributed by atoms with Crippen LogP contribution in [0.15, 0.2) is 30.3 Å². The van der Waals surface area contributed by atoms with E-state index in [0.29, 0.717) is 26.2 Å². The van der Waals surface area contributed by atoms with E-state index in [1.807, 2.05) is 23.1 Å². The fourth-order valence-electron chi connectivity index (χ4n) is 2.43. The number of hydrogen-bond acceptors (Lipinski definition) is 3. The molecule has 0 spiro atoms. The van der Waals surface area contributed by atoms with E-state index in [0.717, 1.165) is 25.8 Å². The molecule has 4 nitrogen and oxygen atoms in total. The number of ether oxygens (including phenoxy) is 1. The summed E-state index contributed by atoms with van der Waals surface area (Å²) in [6, 6.07) is 10.5.